The third-order valence-electron chi connectivity index (χ3n) is 3.37. The lowest BCUT2D eigenvalue weighted by molar-refractivity contribution is 0.503. The molecule has 0 bridgehead atoms. The molecule has 0 radical (unpaired) electrons. The zero-order valence-corrected chi connectivity index (χ0v) is 9.09. The molecule has 2 atom stereocenters. The third kappa shape index (κ3) is 1.83. The van der Waals surface area contributed by atoms with Crippen molar-refractivity contribution in [1.82, 2.24) is 5.32 Å². The van der Waals surface area contributed by atoms with Crippen molar-refractivity contribution in [2.75, 3.05) is 13.1 Å². The maximum absolute atomic E-state index is 3.49. The number of benzene rings is 1. The summed E-state index contributed by atoms with van der Waals surface area (Å²) in [4.78, 5) is 0. The molecule has 1 aliphatic heterocycles. The molecule has 2 rings (SSSR count). The predicted octanol–water partition coefficient (Wildman–Crippen LogP) is 2.71. The Morgan fingerprint density at radius 2 is 1.93 bits per heavy atom. The highest BCUT2D eigenvalue weighted by Crippen LogP contribution is 2.30. The molecule has 1 nitrogen and oxygen atoms in total. The van der Waals surface area contributed by atoms with Crippen LogP contribution < -0.4 is 5.32 Å². The molecule has 0 spiro atoms. The Morgan fingerprint density at radius 1 is 1.21 bits per heavy atom. The van der Waals surface area contributed by atoms with E-state index in [1.807, 2.05) is 0 Å². The van der Waals surface area contributed by atoms with Gasteiger partial charge in [-0.2, -0.15) is 0 Å². The molecule has 0 amide bonds. The summed E-state index contributed by atoms with van der Waals surface area (Å²) in [6.07, 6.45) is 1.28. The van der Waals surface area contributed by atoms with Crippen molar-refractivity contribution in [3.63, 3.8) is 0 Å². The minimum Gasteiger partial charge on any atom is -0.316 e. The first-order chi connectivity index (χ1) is 6.81. The molecular weight excluding hydrogens is 170 g/mol. The van der Waals surface area contributed by atoms with E-state index in [-0.39, 0.29) is 0 Å². The predicted molar refractivity (Wildman–Crippen MR) is 60.6 cm³/mol. The fraction of sp³-hybridized carbons (Fsp3) is 0.538. The van der Waals surface area contributed by atoms with Crippen LogP contribution >= 0.6 is 0 Å². The van der Waals surface area contributed by atoms with Crippen molar-refractivity contribution in [1.29, 1.82) is 0 Å². The van der Waals surface area contributed by atoms with Gasteiger partial charge in [-0.1, -0.05) is 43.2 Å². The number of hydrogen-bond donors (Lipinski definition) is 1. The molecule has 0 saturated carbocycles. The molecule has 0 aliphatic carbocycles. The van der Waals surface area contributed by atoms with Crippen molar-refractivity contribution in [2.24, 2.45) is 5.92 Å². The molecule has 0 aromatic heterocycles. The lowest BCUT2D eigenvalue weighted by Crippen LogP contribution is -2.09. The zero-order chi connectivity index (χ0) is 9.97. The van der Waals surface area contributed by atoms with E-state index in [2.05, 4.69) is 43.4 Å². The van der Waals surface area contributed by atoms with E-state index < -0.39 is 0 Å². The van der Waals surface area contributed by atoms with E-state index in [0.717, 1.165) is 18.4 Å². The number of nitrogens with one attached hydrogen (secondary N) is 1. The monoisotopic (exact) mass is 189 g/mol. The van der Waals surface area contributed by atoms with Gasteiger partial charge >= 0.3 is 0 Å². The Morgan fingerprint density at radius 3 is 2.57 bits per heavy atom. The zero-order valence-electron chi connectivity index (χ0n) is 9.09. The van der Waals surface area contributed by atoms with Crippen molar-refractivity contribution < 1.29 is 0 Å². The smallest absolute Gasteiger partial charge is 0.00234 e. The van der Waals surface area contributed by atoms with Gasteiger partial charge in [0, 0.05) is 12.5 Å². The van der Waals surface area contributed by atoms with E-state index in [4.69, 9.17) is 0 Å². The van der Waals surface area contributed by atoms with Crippen LogP contribution in [0.15, 0.2) is 24.3 Å². The first-order valence-corrected chi connectivity index (χ1v) is 5.58. The van der Waals surface area contributed by atoms with Gasteiger partial charge in [0.25, 0.3) is 0 Å². The van der Waals surface area contributed by atoms with Crippen molar-refractivity contribution in [3.8, 4) is 0 Å². The average Bonchev–Trinajstić information content (AvgIpc) is 2.67. The topological polar surface area (TPSA) is 12.0 Å². The van der Waals surface area contributed by atoms with E-state index >= 15 is 0 Å². The van der Waals surface area contributed by atoms with Gasteiger partial charge in [-0.15, -0.1) is 0 Å². The van der Waals surface area contributed by atoms with Gasteiger partial charge in [-0.3, -0.25) is 0 Å². The van der Waals surface area contributed by atoms with Crippen LogP contribution in [0.5, 0.6) is 0 Å². The van der Waals surface area contributed by atoms with Crippen LogP contribution in [-0.4, -0.2) is 13.1 Å². The summed E-state index contributed by atoms with van der Waals surface area (Å²) in [5.41, 5.74) is 2.86. The van der Waals surface area contributed by atoms with Crippen molar-refractivity contribution in [2.45, 2.75) is 26.2 Å². The minimum atomic E-state index is 0.737. The lowest BCUT2D eigenvalue weighted by Gasteiger charge is -2.17. The van der Waals surface area contributed by atoms with E-state index in [1.165, 1.54) is 24.1 Å². The van der Waals surface area contributed by atoms with Crippen molar-refractivity contribution in [3.05, 3.63) is 35.4 Å². The molecule has 1 aliphatic rings. The number of rotatable bonds is 2. The average molecular weight is 189 g/mol. The number of hydrogen-bond acceptors (Lipinski definition) is 1. The summed E-state index contributed by atoms with van der Waals surface area (Å²) in [5.74, 6) is 1.57. The van der Waals surface area contributed by atoms with Crippen LogP contribution in [0.25, 0.3) is 0 Å². The summed E-state index contributed by atoms with van der Waals surface area (Å²) in [7, 11) is 0. The highest BCUT2D eigenvalue weighted by molar-refractivity contribution is 5.26. The molecular formula is C13H19N. The van der Waals surface area contributed by atoms with Gasteiger partial charge in [0.2, 0.25) is 0 Å². The minimum absolute atomic E-state index is 0.737. The standard InChI is InChI=1S/C13H19N/c1-3-11-8-14-9-13(11)12-6-4-10(2)5-7-12/h4-7,11,13-14H,3,8-9H2,1-2H3/t11-,13-/m0/s1. The summed E-state index contributed by atoms with van der Waals surface area (Å²) in [5, 5.41) is 3.49. The quantitative estimate of drug-likeness (QED) is 0.754. The Kier molecular flexibility index (Phi) is 2.87. The van der Waals surface area contributed by atoms with Gasteiger partial charge in [0.1, 0.15) is 0 Å². The summed E-state index contributed by atoms with van der Waals surface area (Å²) >= 11 is 0. The fourth-order valence-electron chi connectivity index (χ4n) is 2.37. The summed E-state index contributed by atoms with van der Waals surface area (Å²) in [6.45, 7) is 6.78. The fourth-order valence-corrected chi connectivity index (χ4v) is 2.37. The second-order valence-electron chi connectivity index (χ2n) is 4.34. The van der Waals surface area contributed by atoms with Crippen LogP contribution in [0.3, 0.4) is 0 Å². The number of aryl methyl sites for hydroxylation is 1. The molecule has 76 valence electrons. The van der Waals surface area contributed by atoms with Crippen molar-refractivity contribution >= 4 is 0 Å². The molecule has 1 fully saturated rings. The molecule has 1 heterocycles. The van der Waals surface area contributed by atoms with E-state index in [1.54, 1.807) is 0 Å². The van der Waals surface area contributed by atoms with Crippen LogP contribution in [0.2, 0.25) is 0 Å². The molecule has 1 aromatic rings. The highest BCUT2D eigenvalue weighted by atomic mass is 14.9. The van der Waals surface area contributed by atoms with Crippen LogP contribution in [0.4, 0.5) is 0 Å². The second-order valence-corrected chi connectivity index (χ2v) is 4.34. The van der Waals surface area contributed by atoms with Gasteiger partial charge in [-0.25, -0.2) is 0 Å². The summed E-state index contributed by atoms with van der Waals surface area (Å²) in [6, 6.07) is 9.02. The Bertz CT molecular complexity index is 289. The lowest BCUT2D eigenvalue weighted by atomic mass is 9.87. The van der Waals surface area contributed by atoms with Gasteiger partial charge in [0.05, 0.1) is 0 Å². The normalized spacial score (nSPS) is 26.7. The Hall–Kier alpha value is -0.820. The van der Waals surface area contributed by atoms with E-state index in [9.17, 15) is 0 Å². The first-order valence-electron chi connectivity index (χ1n) is 5.58. The first kappa shape index (κ1) is 9.72. The molecule has 1 saturated heterocycles. The van der Waals surface area contributed by atoms with Crippen LogP contribution in [0.1, 0.15) is 30.4 Å². The summed E-state index contributed by atoms with van der Waals surface area (Å²) < 4.78 is 0. The maximum Gasteiger partial charge on any atom is 0.00234 e. The van der Waals surface area contributed by atoms with Crippen LogP contribution in [0, 0.1) is 12.8 Å². The molecule has 1 N–H and O–H groups in total. The largest absolute Gasteiger partial charge is 0.316 e. The molecule has 1 heteroatoms. The Labute approximate surface area is 86.5 Å². The second kappa shape index (κ2) is 4.14. The van der Waals surface area contributed by atoms with Gasteiger partial charge in [0.15, 0.2) is 0 Å². The third-order valence-corrected chi connectivity index (χ3v) is 3.37. The molecule has 14 heavy (non-hydrogen) atoms. The maximum atomic E-state index is 3.49. The SMILES string of the molecule is CC[C@H]1CNC[C@@H]1c1ccc(C)cc1. The Balaban J connectivity index is 2.17. The molecule has 0 unspecified atom stereocenters. The van der Waals surface area contributed by atoms with Gasteiger partial charge < -0.3 is 5.32 Å². The molecule has 1 aromatic carbocycles. The highest BCUT2D eigenvalue weighted by Gasteiger charge is 2.26. The van der Waals surface area contributed by atoms with Crippen LogP contribution in [-0.2, 0) is 0 Å². The van der Waals surface area contributed by atoms with Gasteiger partial charge in [-0.05, 0) is 24.9 Å². The van der Waals surface area contributed by atoms with E-state index in [0.29, 0.717) is 0 Å².